The summed E-state index contributed by atoms with van der Waals surface area (Å²) in [4.78, 5) is 0. The molecule has 1 unspecified atom stereocenters. The monoisotopic (exact) mass is 259 g/mol. The van der Waals surface area contributed by atoms with Crippen LogP contribution < -0.4 is 5.32 Å². The van der Waals surface area contributed by atoms with E-state index in [-0.39, 0.29) is 11.9 Å². The van der Waals surface area contributed by atoms with Crippen LogP contribution in [0.1, 0.15) is 24.5 Å². The Bertz CT molecular complexity index is 673. The van der Waals surface area contributed by atoms with Crippen LogP contribution in [0.4, 0.5) is 4.39 Å². The van der Waals surface area contributed by atoms with Crippen LogP contribution in [0, 0.1) is 5.82 Å². The average Bonchev–Trinajstić information content (AvgIpc) is 3.04. The van der Waals surface area contributed by atoms with E-state index < -0.39 is 0 Å². The van der Waals surface area contributed by atoms with E-state index in [1.165, 1.54) is 12.1 Å². The molecule has 19 heavy (non-hydrogen) atoms. The Hall–Kier alpha value is -2.07. The zero-order valence-electron chi connectivity index (χ0n) is 10.5. The predicted molar refractivity (Wildman–Crippen MR) is 70.4 cm³/mol. The Labute approximate surface area is 110 Å². The molecule has 3 nitrogen and oxygen atoms in total. The van der Waals surface area contributed by atoms with Gasteiger partial charge in [0, 0.05) is 5.39 Å². The first-order valence-electron chi connectivity index (χ1n) is 6.23. The molecule has 1 atom stereocenters. The molecule has 0 saturated carbocycles. The summed E-state index contributed by atoms with van der Waals surface area (Å²) in [6.07, 6.45) is 1.63. The minimum Gasteiger partial charge on any atom is -0.467 e. The summed E-state index contributed by atoms with van der Waals surface area (Å²) in [6.45, 7) is 2.79. The number of furan rings is 2. The molecule has 0 amide bonds. The maximum atomic E-state index is 13.2. The summed E-state index contributed by atoms with van der Waals surface area (Å²) in [5, 5.41) is 4.05. The molecule has 0 bridgehead atoms. The van der Waals surface area contributed by atoms with Crippen LogP contribution in [0.5, 0.6) is 0 Å². The van der Waals surface area contributed by atoms with E-state index in [2.05, 4.69) is 5.32 Å². The maximum absolute atomic E-state index is 13.2. The van der Waals surface area contributed by atoms with E-state index >= 15 is 0 Å². The van der Waals surface area contributed by atoms with Crippen molar-refractivity contribution in [2.45, 2.75) is 13.0 Å². The van der Waals surface area contributed by atoms with Crippen molar-refractivity contribution in [3.63, 3.8) is 0 Å². The molecular weight excluding hydrogens is 245 g/mol. The zero-order valence-corrected chi connectivity index (χ0v) is 10.5. The van der Waals surface area contributed by atoms with Gasteiger partial charge in [0.05, 0.1) is 6.26 Å². The van der Waals surface area contributed by atoms with Gasteiger partial charge in [-0.2, -0.15) is 0 Å². The van der Waals surface area contributed by atoms with Crippen LogP contribution in [0.15, 0.2) is 51.5 Å². The van der Waals surface area contributed by atoms with Crippen molar-refractivity contribution in [2.24, 2.45) is 0 Å². The van der Waals surface area contributed by atoms with Crippen molar-refractivity contribution in [2.75, 3.05) is 6.54 Å². The van der Waals surface area contributed by atoms with Crippen LogP contribution in [0.25, 0.3) is 11.0 Å². The normalized spacial score (nSPS) is 12.9. The molecule has 2 heterocycles. The number of fused-ring (bicyclic) bond motifs is 1. The first-order valence-corrected chi connectivity index (χ1v) is 6.23. The highest BCUT2D eigenvalue weighted by Gasteiger charge is 2.20. The van der Waals surface area contributed by atoms with Gasteiger partial charge in [-0.05, 0) is 42.9 Å². The van der Waals surface area contributed by atoms with Gasteiger partial charge in [-0.25, -0.2) is 4.39 Å². The Morgan fingerprint density at radius 3 is 2.84 bits per heavy atom. The summed E-state index contributed by atoms with van der Waals surface area (Å²) >= 11 is 0. The Kier molecular flexibility index (Phi) is 3.09. The summed E-state index contributed by atoms with van der Waals surface area (Å²) in [5.41, 5.74) is 0.672. The Morgan fingerprint density at radius 1 is 1.21 bits per heavy atom. The Morgan fingerprint density at radius 2 is 2.11 bits per heavy atom. The second-order valence-corrected chi connectivity index (χ2v) is 4.34. The standard InChI is InChI=1S/C15H14FNO2/c1-2-17-15(13-4-3-7-18-13)14-9-10-8-11(16)5-6-12(10)19-14/h3-9,15,17H,2H2,1H3. The molecule has 2 aromatic heterocycles. The fourth-order valence-electron chi connectivity index (χ4n) is 2.18. The molecular formula is C15H14FNO2. The molecule has 0 aliphatic carbocycles. The van der Waals surface area contributed by atoms with Crippen molar-refractivity contribution in [3.8, 4) is 0 Å². The predicted octanol–water partition coefficient (Wildman–Crippen LogP) is 3.86. The maximum Gasteiger partial charge on any atom is 0.134 e. The molecule has 0 saturated heterocycles. The van der Waals surface area contributed by atoms with Gasteiger partial charge >= 0.3 is 0 Å². The molecule has 4 heteroatoms. The van der Waals surface area contributed by atoms with Gasteiger partial charge in [0.1, 0.15) is 29.0 Å². The van der Waals surface area contributed by atoms with E-state index in [4.69, 9.17) is 8.83 Å². The molecule has 0 fully saturated rings. The van der Waals surface area contributed by atoms with Gasteiger partial charge in [-0.3, -0.25) is 0 Å². The SMILES string of the molecule is CCNC(c1ccco1)c1cc2cc(F)ccc2o1. The molecule has 0 aliphatic heterocycles. The summed E-state index contributed by atoms with van der Waals surface area (Å²) in [6, 6.07) is 9.91. The second kappa shape index (κ2) is 4.90. The zero-order chi connectivity index (χ0) is 13.2. The summed E-state index contributed by atoms with van der Waals surface area (Å²) in [5.74, 6) is 1.23. The minimum atomic E-state index is -0.266. The van der Waals surface area contributed by atoms with Crippen molar-refractivity contribution in [3.05, 3.63) is 60.0 Å². The summed E-state index contributed by atoms with van der Waals surface area (Å²) in [7, 11) is 0. The lowest BCUT2D eigenvalue weighted by Crippen LogP contribution is -2.20. The van der Waals surface area contributed by atoms with Crippen molar-refractivity contribution in [1.29, 1.82) is 0 Å². The average molecular weight is 259 g/mol. The second-order valence-electron chi connectivity index (χ2n) is 4.34. The van der Waals surface area contributed by atoms with Crippen LogP contribution in [0.3, 0.4) is 0 Å². The Balaban J connectivity index is 2.05. The van der Waals surface area contributed by atoms with Crippen molar-refractivity contribution < 1.29 is 13.2 Å². The van der Waals surface area contributed by atoms with Crippen LogP contribution in [-0.4, -0.2) is 6.54 Å². The lowest BCUT2D eigenvalue weighted by Gasteiger charge is -2.12. The first-order chi connectivity index (χ1) is 9.28. The third-order valence-electron chi connectivity index (χ3n) is 3.02. The van der Waals surface area contributed by atoms with Gasteiger partial charge < -0.3 is 14.2 Å². The smallest absolute Gasteiger partial charge is 0.134 e. The fraction of sp³-hybridized carbons (Fsp3) is 0.200. The van der Waals surface area contributed by atoms with E-state index in [0.717, 1.165) is 23.5 Å². The van der Waals surface area contributed by atoms with Crippen molar-refractivity contribution in [1.82, 2.24) is 5.32 Å². The van der Waals surface area contributed by atoms with E-state index in [9.17, 15) is 4.39 Å². The highest BCUT2D eigenvalue weighted by molar-refractivity contribution is 5.78. The van der Waals surface area contributed by atoms with Gasteiger partial charge in [0.25, 0.3) is 0 Å². The molecule has 98 valence electrons. The number of hydrogen-bond donors (Lipinski definition) is 1. The lowest BCUT2D eigenvalue weighted by molar-refractivity contribution is 0.404. The van der Waals surface area contributed by atoms with E-state index in [1.54, 1.807) is 12.3 Å². The quantitative estimate of drug-likeness (QED) is 0.773. The van der Waals surface area contributed by atoms with E-state index in [0.29, 0.717) is 5.58 Å². The highest BCUT2D eigenvalue weighted by Crippen LogP contribution is 2.28. The molecule has 0 aliphatic rings. The third-order valence-corrected chi connectivity index (χ3v) is 3.02. The molecule has 1 N–H and O–H groups in total. The number of rotatable bonds is 4. The van der Waals surface area contributed by atoms with Crippen molar-refractivity contribution >= 4 is 11.0 Å². The molecule has 3 aromatic rings. The highest BCUT2D eigenvalue weighted by atomic mass is 19.1. The van der Waals surface area contributed by atoms with Gasteiger partial charge in [-0.1, -0.05) is 6.92 Å². The summed E-state index contributed by atoms with van der Waals surface area (Å²) < 4.78 is 24.4. The number of benzene rings is 1. The van der Waals surface area contributed by atoms with Crippen LogP contribution >= 0.6 is 0 Å². The van der Waals surface area contributed by atoms with Crippen LogP contribution in [-0.2, 0) is 0 Å². The number of nitrogens with one attached hydrogen (secondary N) is 1. The number of halogens is 1. The van der Waals surface area contributed by atoms with Gasteiger partial charge in [-0.15, -0.1) is 0 Å². The minimum absolute atomic E-state index is 0.157. The molecule has 0 spiro atoms. The molecule has 1 aromatic carbocycles. The molecule has 3 rings (SSSR count). The van der Waals surface area contributed by atoms with Gasteiger partial charge in [0.2, 0.25) is 0 Å². The lowest BCUT2D eigenvalue weighted by atomic mass is 10.1. The largest absolute Gasteiger partial charge is 0.467 e. The fourth-order valence-corrected chi connectivity index (χ4v) is 2.18. The first kappa shape index (κ1) is 12.0. The van der Waals surface area contributed by atoms with E-state index in [1.807, 2.05) is 25.1 Å². The van der Waals surface area contributed by atoms with Crippen LogP contribution in [0.2, 0.25) is 0 Å². The van der Waals surface area contributed by atoms with Gasteiger partial charge in [0.15, 0.2) is 0 Å². The molecule has 0 radical (unpaired) electrons. The third kappa shape index (κ3) is 2.27. The number of hydrogen-bond acceptors (Lipinski definition) is 3. The topological polar surface area (TPSA) is 38.3 Å².